The van der Waals surface area contributed by atoms with Gasteiger partial charge in [-0.1, -0.05) is 75.5 Å². The molecule has 2 aromatic rings. The summed E-state index contributed by atoms with van der Waals surface area (Å²) in [6, 6.07) is 17.7. The first-order valence-corrected chi connectivity index (χ1v) is 14.8. The van der Waals surface area contributed by atoms with Crippen molar-refractivity contribution in [2.45, 2.75) is 64.7 Å². The van der Waals surface area contributed by atoms with E-state index >= 15 is 0 Å². The summed E-state index contributed by atoms with van der Waals surface area (Å²) in [5, 5.41) is 1.40. The minimum atomic E-state index is -1.66. The Hall–Kier alpha value is -1.49. The van der Waals surface area contributed by atoms with Crippen molar-refractivity contribution in [1.82, 2.24) is 4.90 Å². The van der Waals surface area contributed by atoms with Crippen molar-refractivity contribution in [2.75, 3.05) is 12.8 Å². The maximum atomic E-state index is 6.29. The lowest BCUT2D eigenvalue weighted by Gasteiger charge is -2.30. The maximum absolute atomic E-state index is 6.29. The third-order valence-corrected chi connectivity index (χ3v) is 8.60. The molecule has 0 bridgehead atoms. The number of rotatable bonds is 11. The van der Waals surface area contributed by atoms with Crippen LogP contribution in [0.3, 0.4) is 0 Å². The van der Waals surface area contributed by atoms with Gasteiger partial charge in [-0.05, 0) is 55.6 Å². The van der Waals surface area contributed by atoms with Crippen molar-refractivity contribution in [3.8, 4) is 5.75 Å². The van der Waals surface area contributed by atoms with Gasteiger partial charge in [-0.25, -0.2) is 0 Å². The van der Waals surface area contributed by atoms with Crippen molar-refractivity contribution in [3.63, 3.8) is 0 Å². The molecule has 164 valence electrons. The van der Waals surface area contributed by atoms with Gasteiger partial charge in [0.2, 0.25) is 0 Å². The molecular formula is C26H39NOSSi. The minimum absolute atomic E-state index is 0.478. The molecule has 0 heterocycles. The first-order valence-electron chi connectivity index (χ1n) is 11.1. The highest BCUT2D eigenvalue weighted by Crippen LogP contribution is 2.20. The Morgan fingerprint density at radius 3 is 2.40 bits per heavy atom. The van der Waals surface area contributed by atoms with Gasteiger partial charge in [-0.2, -0.15) is 0 Å². The highest BCUT2D eigenvalue weighted by Gasteiger charge is 2.25. The van der Waals surface area contributed by atoms with Crippen LogP contribution in [0.5, 0.6) is 5.75 Å². The zero-order valence-corrected chi connectivity index (χ0v) is 21.5. The van der Waals surface area contributed by atoms with Crippen LogP contribution in [0.4, 0.5) is 0 Å². The van der Waals surface area contributed by atoms with Gasteiger partial charge in [0, 0.05) is 17.5 Å². The molecule has 0 amide bonds. The Labute approximate surface area is 190 Å². The molecule has 0 spiro atoms. The zero-order chi connectivity index (χ0) is 22.1. The monoisotopic (exact) mass is 441 g/mol. The molecule has 0 saturated carbocycles. The van der Waals surface area contributed by atoms with Gasteiger partial charge in [0.25, 0.3) is 0 Å². The fourth-order valence-corrected chi connectivity index (χ4v) is 5.66. The topological polar surface area (TPSA) is 12.5 Å². The molecule has 2 nitrogen and oxygen atoms in total. The summed E-state index contributed by atoms with van der Waals surface area (Å²) in [7, 11) is -1.66. The van der Waals surface area contributed by atoms with Gasteiger partial charge in [0.05, 0.1) is 6.23 Å². The average Bonchev–Trinajstić information content (AvgIpc) is 2.71. The SMILES string of the molecule is C/C=C/C(CC(C)C)N(CC)Cc1cccc(OC[Si](C)(C)c2ccc(S)cc2)c1. The molecule has 2 rings (SSSR count). The molecule has 0 aliphatic rings. The van der Waals surface area contributed by atoms with E-state index in [9.17, 15) is 0 Å². The summed E-state index contributed by atoms with van der Waals surface area (Å²) >= 11 is 4.40. The Kier molecular flexibility index (Phi) is 9.73. The first kappa shape index (κ1) is 24.8. The van der Waals surface area contributed by atoms with E-state index in [-0.39, 0.29) is 0 Å². The smallest absolute Gasteiger partial charge is 0.124 e. The van der Waals surface area contributed by atoms with Crippen LogP contribution in [-0.2, 0) is 6.54 Å². The van der Waals surface area contributed by atoms with E-state index in [2.05, 4.69) is 119 Å². The first-order chi connectivity index (χ1) is 14.2. The summed E-state index contributed by atoms with van der Waals surface area (Å²) in [6.45, 7) is 15.7. The van der Waals surface area contributed by atoms with Gasteiger partial charge in [0.15, 0.2) is 0 Å². The van der Waals surface area contributed by atoms with Crippen LogP contribution in [0.15, 0.2) is 65.6 Å². The lowest BCUT2D eigenvalue weighted by Crippen LogP contribution is -2.47. The molecule has 0 fully saturated rings. The summed E-state index contributed by atoms with van der Waals surface area (Å²) in [5.74, 6) is 1.65. The second-order valence-electron chi connectivity index (χ2n) is 9.15. The summed E-state index contributed by atoms with van der Waals surface area (Å²) in [4.78, 5) is 3.56. The van der Waals surface area contributed by atoms with Gasteiger partial charge >= 0.3 is 0 Å². The van der Waals surface area contributed by atoms with Gasteiger partial charge in [0.1, 0.15) is 13.8 Å². The maximum Gasteiger partial charge on any atom is 0.124 e. The van der Waals surface area contributed by atoms with E-state index in [1.165, 1.54) is 17.2 Å². The predicted molar refractivity (Wildman–Crippen MR) is 137 cm³/mol. The summed E-state index contributed by atoms with van der Waals surface area (Å²) < 4.78 is 6.29. The standard InChI is InChI=1S/C26H39NOSSi/c1-7-10-23(17-21(3)4)27(8-2)19-22-11-9-12-24(18-22)28-20-30(5,6)26-15-13-25(29)14-16-26/h7,9-16,18,21,23,29H,8,17,19-20H2,1-6H3/b10-7+. The second-order valence-corrected chi connectivity index (χ2v) is 14.3. The third kappa shape index (κ3) is 7.64. The normalized spacial score (nSPS) is 13.4. The molecule has 30 heavy (non-hydrogen) atoms. The van der Waals surface area contributed by atoms with Crippen LogP contribution in [0.2, 0.25) is 13.1 Å². The Bertz CT molecular complexity index is 801. The quantitative estimate of drug-likeness (QED) is 0.249. The minimum Gasteiger partial charge on any atom is -0.497 e. The second kappa shape index (κ2) is 11.8. The highest BCUT2D eigenvalue weighted by atomic mass is 32.1. The van der Waals surface area contributed by atoms with Crippen LogP contribution >= 0.6 is 12.6 Å². The summed E-state index contributed by atoms with van der Waals surface area (Å²) in [6.07, 6.45) is 6.48. The van der Waals surface area contributed by atoms with E-state index in [0.29, 0.717) is 12.0 Å². The molecule has 0 N–H and O–H groups in total. The van der Waals surface area contributed by atoms with Crippen LogP contribution in [0.1, 0.15) is 39.7 Å². The highest BCUT2D eigenvalue weighted by molar-refractivity contribution is 7.80. The number of likely N-dealkylation sites (N-methyl/N-ethyl adjacent to an activating group) is 1. The van der Waals surface area contributed by atoms with Crippen LogP contribution in [0.25, 0.3) is 0 Å². The molecule has 0 aliphatic carbocycles. The molecule has 4 heteroatoms. The predicted octanol–water partition coefficient (Wildman–Crippen LogP) is 6.32. The molecule has 1 atom stereocenters. The third-order valence-electron chi connectivity index (χ3n) is 5.54. The lowest BCUT2D eigenvalue weighted by molar-refractivity contribution is 0.208. The van der Waals surface area contributed by atoms with Crippen LogP contribution < -0.4 is 9.92 Å². The van der Waals surface area contributed by atoms with Crippen molar-refractivity contribution < 1.29 is 4.74 Å². The van der Waals surface area contributed by atoms with Gasteiger partial charge in [-0.15, -0.1) is 12.6 Å². The van der Waals surface area contributed by atoms with Gasteiger partial charge < -0.3 is 4.74 Å². The van der Waals surface area contributed by atoms with Crippen LogP contribution in [-0.4, -0.2) is 31.8 Å². The van der Waals surface area contributed by atoms with E-state index in [0.717, 1.165) is 30.0 Å². The molecule has 2 aromatic carbocycles. The van der Waals surface area contributed by atoms with E-state index < -0.39 is 8.07 Å². The van der Waals surface area contributed by atoms with Crippen molar-refractivity contribution >= 4 is 25.9 Å². The Morgan fingerprint density at radius 1 is 1.10 bits per heavy atom. The number of thiol groups is 1. The number of hydrogen-bond donors (Lipinski definition) is 1. The van der Waals surface area contributed by atoms with Crippen molar-refractivity contribution in [1.29, 1.82) is 0 Å². The fourth-order valence-electron chi connectivity index (χ4n) is 3.75. The largest absolute Gasteiger partial charge is 0.497 e. The van der Waals surface area contributed by atoms with E-state index in [4.69, 9.17) is 4.74 Å². The van der Waals surface area contributed by atoms with Crippen molar-refractivity contribution in [3.05, 3.63) is 66.2 Å². The average molecular weight is 442 g/mol. The lowest BCUT2D eigenvalue weighted by atomic mass is 10.0. The number of allylic oxidation sites excluding steroid dienone is 1. The fraction of sp³-hybridized carbons (Fsp3) is 0.462. The van der Waals surface area contributed by atoms with Crippen LogP contribution in [0, 0.1) is 5.92 Å². The summed E-state index contributed by atoms with van der Waals surface area (Å²) in [5.41, 5.74) is 1.31. The number of hydrogen-bond acceptors (Lipinski definition) is 3. The van der Waals surface area contributed by atoms with Crippen molar-refractivity contribution in [2.24, 2.45) is 5.92 Å². The molecular weight excluding hydrogens is 402 g/mol. The molecule has 0 aliphatic heterocycles. The molecule has 0 saturated heterocycles. The molecule has 0 aromatic heterocycles. The van der Waals surface area contributed by atoms with E-state index in [1.807, 2.05) is 0 Å². The Balaban J connectivity index is 2.06. The molecule has 1 unspecified atom stereocenters. The number of ether oxygens (including phenoxy) is 1. The molecule has 0 radical (unpaired) electrons. The zero-order valence-electron chi connectivity index (χ0n) is 19.6. The van der Waals surface area contributed by atoms with E-state index in [1.54, 1.807) is 0 Å². The number of benzene rings is 2. The van der Waals surface area contributed by atoms with Gasteiger partial charge in [-0.3, -0.25) is 4.90 Å². The Morgan fingerprint density at radius 2 is 1.80 bits per heavy atom. The number of nitrogens with zero attached hydrogens (tertiary/aromatic N) is 1.